The van der Waals surface area contributed by atoms with Crippen molar-refractivity contribution in [3.63, 3.8) is 0 Å². The van der Waals surface area contributed by atoms with Crippen molar-refractivity contribution in [1.82, 2.24) is 34.8 Å². The Morgan fingerprint density at radius 1 is 1.30 bits per heavy atom. The molecule has 5 aromatic heterocycles. The van der Waals surface area contributed by atoms with E-state index in [0.29, 0.717) is 40.7 Å². The van der Waals surface area contributed by atoms with E-state index in [2.05, 4.69) is 50.5 Å². The number of nitriles is 1. The predicted molar refractivity (Wildman–Crippen MR) is 168 cm³/mol. The van der Waals surface area contributed by atoms with E-state index < -0.39 is 5.41 Å². The molecule has 2 aliphatic carbocycles. The lowest BCUT2D eigenvalue weighted by Gasteiger charge is -2.39. The molecule has 6 heterocycles. The van der Waals surface area contributed by atoms with E-state index in [-0.39, 0.29) is 11.6 Å². The molecule has 1 aliphatic heterocycles. The Kier molecular flexibility index (Phi) is 6.50. The van der Waals surface area contributed by atoms with E-state index in [0.717, 1.165) is 85.5 Å². The number of aromatic amines is 2. The maximum absolute atomic E-state index is 13.3. The van der Waals surface area contributed by atoms with Gasteiger partial charge in [0.05, 0.1) is 29.8 Å². The Hall–Kier alpha value is -4.21. The molecule has 1 fully saturated rings. The van der Waals surface area contributed by atoms with Crippen LogP contribution in [0.25, 0.3) is 22.6 Å². The number of aryl methyl sites for hydroxylation is 1. The Morgan fingerprint density at radius 2 is 2.16 bits per heavy atom. The minimum absolute atomic E-state index is 0.0695. The lowest BCUT2D eigenvalue weighted by molar-refractivity contribution is 0.232. The topological polar surface area (TPSA) is 144 Å². The van der Waals surface area contributed by atoms with Crippen LogP contribution < -0.4 is 10.9 Å². The van der Waals surface area contributed by atoms with Gasteiger partial charge in [0.25, 0.3) is 5.56 Å². The van der Waals surface area contributed by atoms with Gasteiger partial charge in [0.1, 0.15) is 16.5 Å². The third kappa shape index (κ3) is 4.09. The second-order valence-corrected chi connectivity index (χ2v) is 13.7. The molecule has 1 saturated heterocycles. The highest BCUT2D eigenvalue weighted by atomic mass is 32.1. The Labute approximate surface area is 258 Å². The van der Waals surface area contributed by atoms with Gasteiger partial charge in [-0.1, -0.05) is 5.16 Å². The van der Waals surface area contributed by atoms with Gasteiger partial charge in [-0.25, -0.2) is 9.67 Å². The van der Waals surface area contributed by atoms with Gasteiger partial charge in [-0.15, -0.1) is 11.3 Å². The highest BCUT2D eigenvalue weighted by molar-refractivity contribution is 7.16. The number of nitrogens with one attached hydrogen (secondary N) is 3. The van der Waals surface area contributed by atoms with Crippen LogP contribution in [0.5, 0.6) is 0 Å². The van der Waals surface area contributed by atoms with Crippen molar-refractivity contribution in [2.45, 2.75) is 82.3 Å². The van der Waals surface area contributed by atoms with Gasteiger partial charge in [0, 0.05) is 28.4 Å². The molecule has 11 nitrogen and oxygen atoms in total. The molecule has 12 heteroatoms. The summed E-state index contributed by atoms with van der Waals surface area (Å²) in [5.41, 5.74) is 4.37. The van der Waals surface area contributed by atoms with E-state index >= 15 is 0 Å². The zero-order chi connectivity index (χ0) is 30.0. The monoisotopic (exact) mass is 609 g/mol. The molecule has 0 aromatic carbocycles. The summed E-state index contributed by atoms with van der Waals surface area (Å²) in [6.07, 6.45) is 11.2. The molecule has 1 spiro atoms. The number of likely N-dealkylation sites (tertiary alicyclic amines) is 1. The highest BCUT2D eigenvalue weighted by Crippen LogP contribution is 2.55. The Morgan fingerprint density at radius 3 is 2.93 bits per heavy atom. The number of H-pyrrole nitrogens is 2. The number of thiophene rings is 1. The third-order valence-electron chi connectivity index (χ3n) is 10.1. The third-order valence-corrected chi connectivity index (χ3v) is 11.3. The summed E-state index contributed by atoms with van der Waals surface area (Å²) in [7, 11) is 2.14. The number of rotatable bonds is 6. The van der Waals surface area contributed by atoms with Gasteiger partial charge in [-0.2, -0.15) is 10.4 Å². The number of anilines is 1. The summed E-state index contributed by atoms with van der Waals surface area (Å²) >= 11 is 1.69. The molecule has 0 amide bonds. The minimum Gasteiger partial charge on any atom is -0.370 e. The van der Waals surface area contributed by atoms with Gasteiger partial charge < -0.3 is 24.7 Å². The maximum atomic E-state index is 13.3. The van der Waals surface area contributed by atoms with Crippen molar-refractivity contribution in [1.29, 1.82) is 5.26 Å². The lowest BCUT2D eigenvalue weighted by Crippen LogP contribution is -2.35. The van der Waals surface area contributed by atoms with Crippen molar-refractivity contribution in [3.8, 4) is 17.6 Å². The number of fused-ring (bicyclic) bond motifs is 5. The van der Waals surface area contributed by atoms with Crippen molar-refractivity contribution < 1.29 is 4.52 Å². The standard InChI is InChI=1S/C32H35N9O2S/c1-18(23-9-6-14-40(23)2)41-29-22(17-36-41)30(42)38-28(37-29)26-20-8-3-11-32(27(20)43-39-26)12-4-10-24-25(32)21(15-33)31(44-24)35-16-19-7-5-13-34-19/h5,7,13,17-18,23,34-35H,3-4,6,8-12,14,16H2,1-2H3,(H,37,38,42)/t18-,23-,32-/m0/s1. The molecule has 8 rings (SSSR count). The van der Waals surface area contributed by atoms with Gasteiger partial charge in [-0.05, 0) is 89.6 Å². The predicted octanol–water partition coefficient (Wildman–Crippen LogP) is 5.26. The molecule has 3 atom stereocenters. The minimum atomic E-state index is -0.423. The molecule has 5 aromatic rings. The first-order valence-electron chi connectivity index (χ1n) is 15.6. The quantitative estimate of drug-likeness (QED) is 0.236. The van der Waals surface area contributed by atoms with Crippen molar-refractivity contribution >= 4 is 27.4 Å². The van der Waals surface area contributed by atoms with Crippen LogP contribution in [0.1, 0.15) is 84.5 Å². The number of aromatic nitrogens is 6. The van der Waals surface area contributed by atoms with Crippen molar-refractivity contribution in [2.24, 2.45) is 0 Å². The molecule has 3 N–H and O–H groups in total. The number of likely N-dealkylation sites (N-methyl/N-ethyl adjacent to an activating group) is 1. The van der Waals surface area contributed by atoms with Crippen LogP contribution in [0.2, 0.25) is 0 Å². The van der Waals surface area contributed by atoms with Gasteiger partial charge in [0.15, 0.2) is 22.9 Å². The maximum Gasteiger partial charge on any atom is 0.262 e. The first-order valence-corrected chi connectivity index (χ1v) is 16.4. The van der Waals surface area contributed by atoms with Gasteiger partial charge in [0.2, 0.25) is 0 Å². The summed E-state index contributed by atoms with van der Waals surface area (Å²) in [4.78, 5) is 28.1. The summed E-state index contributed by atoms with van der Waals surface area (Å²) in [6, 6.07) is 6.96. The van der Waals surface area contributed by atoms with Crippen LogP contribution in [0.4, 0.5) is 5.00 Å². The van der Waals surface area contributed by atoms with Crippen LogP contribution in [0.15, 0.2) is 33.8 Å². The zero-order valence-corrected chi connectivity index (χ0v) is 25.8. The first-order chi connectivity index (χ1) is 21.5. The molecule has 226 valence electrons. The molecule has 3 aliphatic rings. The van der Waals surface area contributed by atoms with E-state index in [4.69, 9.17) is 9.51 Å². The van der Waals surface area contributed by atoms with E-state index in [9.17, 15) is 10.1 Å². The van der Waals surface area contributed by atoms with Gasteiger partial charge in [-0.3, -0.25) is 4.79 Å². The molecule has 0 saturated carbocycles. The molecule has 0 bridgehead atoms. The van der Waals surface area contributed by atoms with Crippen LogP contribution in [-0.2, 0) is 24.8 Å². The fraction of sp³-hybridized carbons (Fsp3) is 0.469. The van der Waals surface area contributed by atoms with E-state index in [1.807, 2.05) is 23.0 Å². The molecule has 44 heavy (non-hydrogen) atoms. The van der Waals surface area contributed by atoms with Crippen LogP contribution in [0, 0.1) is 11.3 Å². The average Bonchev–Trinajstić information content (AvgIpc) is 3.85. The largest absolute Gasteiger partial charge is 0.370 e. The molecule has 0 radical (unpaired) electrons. The molecular formula is C32H35N9O2S. The highest BCUT2D eigenvalue weighted by Gasteiger charge is 2.49. The number of hydrogen-bond donors (Lipinski definition) is 3. The number of hydrogen-bond acceptors (Lipinski definition) is 9. The fourth-order valence-electron chi connectivity index (χ4n) is 8.04. The van der Waals surface area contributed by atoms with Crippen molar-refractivity contribution in [3.05, 3.63) is 67.9 Å². The van der Waals surface area contributed by atoms with Crippen LogP contribution in [-0.4, -0.2) is 54.4 Å². The Balaban J connectivity index is 1.20. The van der Waals surface area contributed by atoms with Gasteiger partial charge >= 0.3 is 0 Å². The first kappa shape index (κ1) is 27.3. The Bertz CT molecular complexity index is 1950. The van der Waals surface area contributed by atoms with Crippen LogP contribution >= 0.6 is 11.3 Å². The lowest BCUT2D eigenvalue weighted by atomic mass is 9.63. The SMILES string of the molecule is C[C@@H]([C@@H]1CCCN1C)n1ncc2c(=O)[nH]c(-c3noc4c3CCC[C@@]43CCCc4sc(NCc5ccc[nH]5)c(C#N)c43)nc21. The molecule has 0 unspecified atom stereocenters. The van der Waals surface area contributed by atoms with E-state index in [1.54, 1.807) is 17.5 Å². The number of nitrogens with zero attached hydrogens (tertiary/aromatic N) is 6. The van der Waals surface area contributed by atoms with Crippen LogP contribution in [0.3, 0.4) is 0 Å². The van der Waals surface area contributed by atoms with Crippen molar-refractivity contribution in [2.75, 3.05) is 18.9 Å². The second kappa shape index (κ2) is 10.5. The fourth-order valence-corrected chi connectivity index (χ4v) is 9.32. The normalized spacial score (nSPS) is 22.2. The smallest absolute Gasteiger partial charge is 0.262 e. The molecular weight excluding hydrogens is 574 g/mol. The average molecular weight is 610 g/mol. The summed E-state index contributed by atoms with van der Waals surface area (Å²) in [5.74, 6) is 1.23. The zero-order valence-electron chi connectivity index (χ0n) is 24.9. The summed E-state index contributed by atoms with van der Waals surface area (Å²) in [5, 5.41) is 24.5. The van der Waals surface area contributed by atoms with E-state index in [1.165, 1.54) is 4.88 Å². The second-order valence-electron chi connectivity index (χ2n) is 12.6. The summed E-state index contributed by atoms with van der Waals surface area (Å²) in [6.45, 7) is 3.84. The summed E-state index contributed by atoms with van der Waals surface area (Å²) < 4.78 is 8.15.